The number of ether oxygens (including phenoxy) is 2. The van der Waals surface area contributed by atoms with E-state index in [1.54, 1.807) is 31.4 Å². The zero-order valence-electron chi connectivity index (χ0n) is 16.5. The van der Waals surface area contributed by atoms with Gasteiger partial charge in [0, 0.05) is 12.8 Å². The van der Waals surface area contributed by atoms with Crippen LogP contribution in [0.3, 0.4) is 0 Å². The van der Waals surface area contributed by atoms with E-state index < -0.39 is 0 Å². The molecule has 0 unspecified atom stereocenters. The Morgan fingerprint density at radius 1 is 0.929 bits per heavy atom. The summed E-state index contributed by atoms with van der Waals surface area (Å²) >= 11 is 0. The van der Waals surface area contributed by atoms with Gasteiger partial charge in [0.25, 0.3) is 11.8 Å². The van der Waals surface area contributed by atoms with Gasteiger partial charge in [0.2, 0.25) is 0 Å². The van der Waals surface area contributed by atoms with E-state index in [2.05, 4.69) is 11.4 Å². The van der Waals surface area contributed by atoms with Gasteiger partial charge in [-0.3, -0.25) is 14.5 Å². The van der Waals surface area contributed by atoms with Crippen LogP contribution in [0.5, 0.6) is 5.75 Å². The summed E-state index contributed by atoms with van der Waals surface area (Å²) in [5.41, 5.74) is 4.20. The van der Waals surface area contributed by atoms with Crippen LogP contribution in [0.25, 0.3) is 5.57 Å². The molecule has 146 valence electrons. The lowest BCUT2D eigenvalue weighted by molar-refractivity contribution is -0.137. The Bertz CT molecular complexity index is 912. The van der Waals surface area contributed by atoms with Gasteiger partial charge in [0.1, 0.15) is 11.4 Å². The van der Waals surface area contributed by atoms with Crippen LogP contribution in [-0.4, -0.2) is 44.1 Å². The Morgan fingerprint density at radius 2 is 1.57 bits per heavy atom. The average molecular weight is 380 g/mol. The van der Waals surface area contributed by atoms with Crippen molar-refractivity contribution in [3.63, 3.8) is 0 Å². The van der Waals surface area contributed by atoms with Gasteiger partial charge < -0.3 is 14.8 Å². The molecular formula is C22H24N2O4. The lowest BCUT2D eigenvalue weighted by atomic mass is 10.0. The van der Waals surface area contributed by atoms with Crippen molar-refractivity contribution in [2.24, 2.45) is 0 Å². The van der Waals surface area contributed by atoms with Gasteiger partial charge in [-0.05, 0) is 54.8 Å². The molecule has 0 radical (unpaired) electrons. The predicted molar refractivity (Wildman–Crippen MR) is 108 cm³/mol. The summed E-state index contributed by atoms with van der Waals surface area (Å²) in [5, 5.41) is 3.18. The Kier molecular flexibility index (Phi) is 5.80. The number of benzene rings is 2. The molecular weight excluding hydrogens is 356 g/mol. The average Bonchev–Trinajstić information content (AvgIpc) is 2.89. The van der Waals surface area contributed by atoms with Crippen molar-refractivity contribution in [3.05, 3.63) is 64.9 Å². The molecule has 0 fully saturated rings. The first-order valence-corrected chi connectivity index (χ1v) is 9.03. The van der Waals surface area contributed by atoms with E-state index in [9.17, 15) is 9.59 Å². The second-order valence-corrected chi connectivity index (χ2v) is 6.73. The first-order valence-electron chi connectivity index (χ1n) is 9.03. The van der Waals surface area contributed by atoms with Gasteiger partial charge in [-0.25, -0.2) is 0 Å². The van der Waals surface area contributed by atoms with E-state index >= 15 is 0 Å². The van der Waals surface area contributed by atoms with Crippen LogP contribution in [0.2, 0.25) is 0 Å². The molecule has 0 bridgehead atoms. The van der Waals surface area contributed by atoms with E-state index in [1.165, 1.54) is 12.0 Å². The summed E-state index contributed by atoms with van der Waals surface area (Å²) in [6.07, 6.45) is 0. The lowest BCUT2D eigenvalue weighted by Crippen LogP contribution is -2.35. The first-order chi connectivity index (χ1) is 13.4. The van der Waals surface area contributed by atoms with Crippen molar-refractivity contribution in [3.8, 4) is 5.75 Å². The van der Waals surface area contributed by atoms with Crippen molar-refractivity contribution in [2.75, 3.05) is 32.7 Å². The minimum atomic E-state index is -0.355. The molecule has 0 spiro atoms. The minimum absolute atomic E-state index is 0.200. The third-order valence-electron chi connectivity index (χ3n) is 4.56. The van der Waals surface area contributed by atoms with Crippen molar-refractivity contribution < 1.29 is 19.1 Å². The van der Waals surface area contributed by atoms with Crippen LogP contribution < -0.4 is 10.1 Å². The maximum absolute atomic E-state index is 13.0. The van der Waals surface area contributed by atoms with Crippen LogP contribution >= 0.6 is 0 Å². The third-order valence-corrected chi connectivity index (χ3v) is 4.56. The number of imide groups is 1. The molecule has 2 amide bonds. The zero-order chi connectivity index (χ0) is 20.3. The van der Waals surface area contributed by atoms with Crippen LogP contribution in [-0.2, 0) is 14.3 Å². The molecule has 1 heterocycles. The van der Waals surface area contributed by atoms with Gasteiger partial charge in [0.05, 0.1) is 25.8 Å². The van der Waals surface area contributed by atoms with Crippen molar-refractivity contribution in [1.29, 1.82) is 0 Å². The Morgan fingerprint density at radius 3 is 2.14 bits per heavy atom. The fraction of sp³-hybridized carbons (Fsp3) is 0.273. The van der Waals surface area contributed by atoms with Gasteiger partial charge in [-0.15, -0.1) is 0 Å². The summed E-state index contributed by atoms with van der Waals surface area (Å²) in [7, 11) is 3.12. The topological polar surface area (TPSA) is 67.9 Å². The van der Waals surface area contributed by atoms with E-state index in [1.807, 2.05) is 26.0 Å². The number of anilines is 1. The number of hydrogen-bond acceptors (Lipinski definition) is 5. The second-order valence-electron chi connectivity index (χ2n) is 6.73. The second kappa shape index (κ2) is 8.27. The smallest absolute Gasteiger partial charge is 0.278 e. The van der Waals surface area contributed by atoms with Crippen LogP contribution in [0.15, 0.2) is 48.2 Å². The Hall–Kier alpha value is -3.12. The Balaban J connectivity index is 2.05. The number of aryl methyl sites for hydroxylation is 2. The fourth-order valence-electron chi connectivity index (χ4n) is 3.29. The molecule has 0 aliphatic carbocycles. The minimum Gasteiger partial charge on any atom is -0.497 e. The maximum Gasteiger partial charge on any atom is 0.278 e. The summed E-state index contributed by atoms with van der Waals surface area (Å²) < 4.78 is 10.2. The molecule has 6 heteroatoms. The van der Waals surface area contributed by atoms with Gasteiger partial charge in [-0.1, -0.05) is 18.2 Å². The molecule has 2 aromatic rings. The quantitative estimate of drug-likeness (QED) is 0.748. The van der Waals surface area contributed by atoms with Gasteiger partial charge in [-0.2, -0.15) is 0 Å². The van der Waals surface area contributed by atoms with Crippen molar-refractivity contribution in [1.82, 2.24) is 4.90 Å². The molecule has 1 aliphatic heterocycles. The maximum atomic E-state index is 13.0. The lowest BCUT2D eigenvalue weighted by Gasteiger charge is -2.14. The van der Waals surface area contributed by atoms with Crippen LogP contribution in [0.4, 0.5) is 5.69 Å². The normalized spacial score (nSPS) is 14.1. The summed E-state index contributed by atoms with van der Waals surface area (Å²) in [4.78, 5) is 27.3. The fourth-order valence-corrected chi connectivity index (χ4v) is 3.29. The predicted octanol–water partition coefficient (Wildman–Crippen LogP) is 3.15. The van der Waals surface area contributed by atoms with Crippen molar-refractivity contribution in [2.45, 2.75) is 13.8 Å². The molecule has 0 aromatic heterocycles. The van der Waals surface area contributed by atoms with Gasteiger partial charge >= 0.3 is 0 Å². The van der Waals surface area contributed by atoms with Crippen LogP contribution in [0.1, 0.15) is 16.7 Å². The standard InChI is InChI=1S/C22H24N2O4/c1-14-11-15(2)13-17(12-14)23-20-19(16-5-7-18(28-4)8-6-16)21(25)24(22(20)26)9-10-27-3/h5-8,11-13,23H,9-10H2,1-4H3. The highest BCUT2D eigenvalue weighted by molar-refractivity contribution is 6.36. The molecule has 1 N–H and O–H groups in total. The number of nitrogens with one attached hydrogen (secondary N) is 1. The zero-order valence-corrected chi connectivity index (χ0v) is 16.5. The number of carbonyl (C=O) groups is 2. The number of carbonyl (C=O) groups excluding carboxylic acids is 2. The highest BCUT2D eigenvalue weighted by atomic mass is 16.5. The number of nitrogens with zero attached hydrogens (tertiary/aromatic N) is 1. The summed E-state index contributed by atoms with van der Waals surface area (Å²) in [6, 6.07) is 13.0. The van der Waals surface area contributed by atoms with Crippen LogP contribution in [0, 0.1) is 13.8 Å². The van der Waals surface area contributed by atoms with E-state index in [4.69, 9.17) is 9.47 Å². The molecule has 6 nitrogen and oxygen atoms in total. The molecule has 1 aliphatic rings. The molecule has 2 aromatic carbocycles. The first kappa shape index (κ1) is 19.6. The van der Waals surface area contributed by atoms with Gasteiger partial charge in [0.15, 0.2) is 0 Å². The largest absolute Gasteiger partial charge is 0.497 e. The molecule has 0 atom stereocenters. The molecule has 0 saturated heterocycles. The highest BCUT2D eigenvalue weighted by Crippen LogP contribution is 2.31. The number of hydrogen-bond donors (Lipinski definition) is 1. The number of amides is 2. The van der Waals surface area contributed by atoms with Crippen molar-refractivity contribution >= 4 is 23.1 Å². The summed E-state index contributed by atoms with van der Waals surface area (Å²) in [5.74, 6) is -0.00713. The molecule has 0 saturated carbocycles. The highest BCUT2D eigenvalue weighted by Gasteiger charge is 2.39. The molecule has 28 heavy (non-hydrogen) atoms. The molecule has 3 rings (SSSR count). The Labute approximate surface area is 164 Å². The monoisotopic (exact) mass is 380 g/mol. The SMILES string of the molecule is COCCN1C(=O)C(Nc2cc(C)cc(C)c2)=C(c2ccc(OC)cc2)C1=O. The van der Waals surface area contributed by atoms with E-state index in [0.29, 0.717) is 16.9 Å². The number of rotatable bonds is 7. The number of methoxy groups -OCH3 is 2. The van der Waals surface area contributed by atoms with E-state index in [-0.39, 0.29) is 30.7 Å². The summed E-state index contributed by atoms with van der Waals surface area (Å²) in [6.45, 7) is 4.46. The third kappa shape index (κ3) is 3.92. The van der Waals surface area contributed by atoms with E-state index in [0.717, 1.165) is 16.8 Å².